The molecule has 0 N–H and O–H groups in total. The van der Waals surface area contributed by atoms with Crippen LogP contribution >= 0.6 is 0 Å². The summed E-state index contributed by atoms with van der Waals surface area (Å²) in [6.45, 7) is 14.8. The van der Waals surface area contributed by atoms with Gasteiger partial charge in [-0.25, -0.2) is 0 Å². The maximum Gasteiger partial charge on any atom is 0.500 e. The topological polar surface area (TPSA) is 46.2 Å². The molecule has 1 heterocycles. The Morgan fingerprint density at radius 2 is 1.71 bits per heavy atom. The predicted molar refractivity (Wildman–Crippen MR) is 113 cm³/mol. The van der Waals surface area contributed by atoms with Crippen molar-refractivity contribution in [2.24, 2.45) is 5.92 Å². The van der Waals surface area contributed by atoms with E-state index >= 15 is 0 Å². The highest BCUT2D eigenvalue weighted by molar-refractivity contribution is 6.60. The number of benzene rings is 1. The molecule has 0 bridgehead atoms. The average molecular weight is 411 g/mol. The fourth-order valence-electron chi connectivity index (χ4n) is 3.59. The molecule has 1 aromatic carbocycles. The van der Waals surface area contributed by atoms with E-state index < -0.39 is 14.6 Å². The maximum atomic E-state index is 6.21. The SMILES string of the molecule is CCO[Si](CCCc1ccc2c(c1)COC(C)(C(C)CC)O2)(OCC)OCC. The third-order valence-corrected chi connectivity index (χ3v) is 8.65. The van der Waals surface area contributed by atoms with Crippen molar-refractivity contribution in [2.75, 3.05) is 19.8 Å². The summed E-state index contributed by atoms with van der Waals surface area (Å²) in [6, 6.07) is 7.29. The Labute approximate surface area is 172 Å². The zero-order valence-corrected chi connectivity index (χ0v) is 19.5. The van der Waals surface area contributed by atoms with Gasteiger partial charge in [-0.3, -0.25) is 0 Å². The fraction of sp³-hybridized carbons (Fsp3) is 0.727. The van der Waals surface area contributed by atoms with E-state index in [1.165, 1.54) is 5.56 Å². The van der Waals surface area contributed by atoms with Crippen LogP contribution in [0.15, 0.2) is 18.2 Å². The van der Waals surface area contributed by atoms with Crippen LogP contribution in [0, 0.1) is 5.92 Å². The minimum atomic E-state index is -2.56. The third-order valence-electron chi connectivity index (χ3n) is 5.50. The van der Waals surface area contributed by atoms with Gasteiger partial charge in [0.2, 0.25) is 5.79 Å². The molecule has 2 rings (SSSR count). The van der Waals surface area contributed by atoms with Crippen LogP contribution in [0.2, 0.25) is 6.04 Å². The van der Waals surface area contributed by atoms with Crippen molar-refractivity contribution >= 4 is 8.80 Å². The molecular weight excluding hydrogens is 372 g/mol. The van der Waals surface area contributed by atoms with Crippen LogP contribution in [0.1, 0.15) is 65.5 Å². The van der Waals surface area contributed by atoms with E-state index in [1.807, 2.05) is 27.7 Å². The summed E-state index contributed by atoms with van der Waals surface area (Å²) in [4.78, 5) is 0. The van der Waals surface area contributed by atoms with E-state index in [9.17, 15) is 0 Å². The molecule has 5 nitrogen and oxygen atoms in total. The zero-order chi connectivity index (χ0) is 20.6. The number of aryl methyl sites for hydroxylation is 1. The second kappa shape index (κ2) is 10.7. The van der Waals surface area contributed by atoms with Gasteiger partial charge in [-0.15, -0.1) is 0 Å². The van der Waals surface area contributed by atoms with Crippen molar-refractivity contribution in [2.45, 2.75) is 79.2 Å². The lowest BCUT2D eigenvalue weighted by Crippen LogP contribution is -2.46. The molecule has 0 saturated heterocycles. The first-order valence-electron chi connectivity index (χ1n) is 10.8. The van der Waals surface area contributed by atoms with Gasteiger partial charge in [-0.1, -0.05) is 19.9 Å². The molecule has 1 aliphatic rings. The van der Waals surface area contributed by atoms with Gasteiger partial charge in [0, 0.05) is 44.3 Å². The molecular formula is C22H38O5Si. The molecule has 0 fully saturated rings. The van der Waals surface area contributed by atoms with Crippen molar-refractivity contribution in [3.63, 3.8) is 0 Å². The van der Waals surface area contributed by atoms with Crippen LogP contribution in [-0.2, 0) is 31.0 Å². The normalized spacial score (nSPS) is 20.5. The molecule has 2 atom stereocenters. The minimum absolute atomic E-state index is 0.342. The highest BCUT2D eigenvalue weighted by Crippen LogP contribution is 2.37. The molecule has 0 aliphatic carbocycles. The average Bonchev–Trinajstić information content (AvgIpc) is 2.68. The van der Waals surface area contributed by atoms with Crippen molar-refractivity contribution < 1.29 is 22.8 Å². The van der Waals surface area contributed by atoms with E-state index in [-0.39, 0.29) is 0 Å². The first-order chi connectivity index (χ1) is 13.4. The quantitative estimate of drug-likeness (QED) is 0.435. The largest absolute Gasteiger partial charge is 0.500 e. The van der Waals surface area contributed by atoms with E-state index in [0.29, 0.717) is 32.3 Å². The number of ether oxygens (including phenoxy) is 2. The van der Waals surface area contributed by atoms with Crippen LogP contribution in [0.5, 0.6) is 5.75 Å². The molecule has 28 heavy (non-hydrogen) atoms. The third kappa shape index (κ3) is 5.80. The van der Waals surface area contributed by atoms with Crippen LogP contribution in [-0.4, -0.2) is 34.4 Å². The Kier molecular flexibility index (Phi) is 8.96. The Bertz CT molecular complexity index is 592. The van der Waals surface area contributed by atoms with Crippen LogP contribution in [0.4, 0.5) is 0 Å². The van der Waals surface area contributed by atoms with E-state index in [1.54, 1.807) is 0 Å². The zero-order valence-electron chi connectivity index (χ0n) is 18.5. The van der Waals surface area contributed by atoms with Gasteiger partial charge in [0.1, 0.15) is 5.75 Å². The summed E-state index contributed by atoms with van der Waals surface area (Å²) in [5.41, 5.74) is 2.41. The minimum Gasteiger partial charge on any atom is -0.462 e. The van der Waals surface area contributed by atoms with Crippen molar-refractivity contribution in [1.29, 1.82) is 0 Å². The monoisotopic (exact) mass is 410 g/mol. The lowest BCUT2D eigenvalue weighted by molar-refractivity contribution is -0.223. The molecule has 1 aromatic rings. The number of rotatable bonds is 12. The summed E-state index contributed by atoms with van der Waals surface area (Å²) >= 11 is 0. The highest BCUT2D eigenvalue weighted by Gasteiger charge is 2.40. The Morgan fingerprint density at radius 3 is 2.29 bits per heavy atom. The van der Waals surface area contributed by atoms with Gasteiger partial charge >= 0.3 is 8.80 Å². The molecule has 6 heteroatoms. The van der Waals surface area contributed by atoms with Gasteiger partial charge in [0.25, 0.3) is 0 Å². The number of hydrogen-bond donors (Lipinski definition) is 0. The van der Waals surface area contributed by atoms with Crippen molar-refractivity contribution in [3.8, 4) is 5.75 Å². The lowest BCUT2D eigenvalue weighted by Gasteiger charge is -2.39. The van der Waals surface area contributed by atoms with E-state index in [2.05, 4.69) is 32.0 Å². The molecule has 2 unspecified atom stereocenters. The smallest absolute Gasteiger partial charge is 0.462 e. The summed E-state index contributed by atoms with van der Waals surface area (Å²) in [6.07, 6.45) is 2.95. The van der Waals surface area contributed by atoms with Crippen molar-refractivity contribution in [3.05, 3.63) is 29.3 Å². The second-order valence-electron chi connectivity index (χ2n) is 7.49. The molecule has 0 amide bonds. The van der Waals surface area contributed by atoms with Gasteiger partial charge in [0.15, 0.2) is 0 Å². The summed E-state index contributed by atoms with van der Waals surface area (Å²) < 4.78 is 30.1. The van der Waals surface area contributed by atoms with Crippen LogP contribution in [0.3, 0.4) is 0 Å². The van der Waals surface area contributed by atoms with Gasteiger partial charge < -0.3 is 22.8 Å². The molecule has 0 spiro atoms. The number of fused-ring (bicyclic) bond motifs is 1. The predicted octanol–water partition coefficient (Wildman–Crippen LogP) is 5.34. The standard InChI is InChI=1S/C22H38O5Si/c1-7-18(5)22(6)23-17-20-16-19(13-14-21(20)27-22)12-11-15-28(24-8-2,25-9-3)26-10-4/h13-14,16,18H,7-12,15,17H2,1-6H3. The summed E-state index contributed by atoms with van der Waals surface area (Å²) in [7, 11) is -2.56. The first-order valence-corrected chi connectivity index (χ1v) is 12.7. The van der Waals surface area contributed by atoms with Gasteiger partial charge in [0.05, 0.1) is 6.61 Å². The van der Waals surface area contributed by atoms with Gasteiger partial charge in [-0.05, 0) is 57.7 Å². The number of hydrogen-bond acceptors (Lipinski definition) is 5. The van der Waals surface area contributed by atoms with Gasteiger partial charge in [-0.2, -0.15) is 0 Å². The fourth-order valence-corrected chi connectivity index (χ4v) is 6.21. The Morgan fingerprint density at radius 1 is 1.07 bits per heavy atom. The molecule has 0 saturated carbocycles. The Hall–Kier alpha value is -0.923. The second-order valence-corrected chi connectivity index (χ2v) is 10.2. The maximum absolute atomic E-state index is 6.21. The summed E-state index contributed by atoms with van der Waals surface area (Å²) in [5, 5.41) is 0. The molecule has 0 radical (unpaired) electrons. The Balaban J connectivity index is 1.99. The summed E-state index contributed by atoms with van der Waals surface area (Å²) in [5.74, 6) is 0.745. The van der Waals surface area contributed by atoms with Crippen LogP contribution < -0.4 is 4.74 Å². The van der Waals surface area contributed by atoms with Crippen molar-refractivity contribution in [1.82, 2.24) is 0 Å². The highest BCUT2D eigenvalue weighted by atomic mass is 28.4. The molecule has 160 valence electrons. The first kappa shape index (κ1) is 23.4. The van der Waals surface area contributed by atoms with E-state index in [4.69, 9.17) is 22.8 Å². The molecule has 0 aromatic heterocycles. The lowest BCUT2D eigenvalue weighted by atomic mass is 9.97. The van der Waals surface area contributed by atoms with Crippen LogP contribution in [0.25, 0.3) is 0 Å². The van der Waals surface area contributed by atoms with E-state index in [0.717, 1.165) is 36.6 Å². The molecule has 1 aliphatic heterocycles.